The Morgan fingerprint density at radius 1 is 1.09 bits per heavy atom. The van der Waals surface area contributed by atoms with E-state index in [1.807, 2.05) is 12.1 Å². The molecule has 0 heterocycles. The maximum absolute atomic E-state index is 12.3. The smallest absolute Gasteiger partial charge is 0.389 e. The van der Waals surface area contributed by atoms with Crippen molar-refractivity contribution in [2.45, 2.75) is 31.9 Å². The van der Waals surface area contributed by atoms with Crippen molar-refractivity contribution in [3.05, 3.63) is 53.6 Å². The Hall–Kier alpha value is -2.79. The van der Waals surface area contributed by atoms with E-state index in [9.17, 15) is 26.4 Å². The van der Waals surface area contributed by atoms with Crippen molar-refractivity contribution in [2.75, 3.05) is 18.9 Å². The van der Waals surface area contributed by atoms with Crippen LogP contribution in [0.2, 0.25) is 0 Å². The van der Waals surface area contributed by atoms with E-state index < -0.39 is 40.9 Å². The highest BCUT2D eigenvalue weighted by Gasteiger charge is 2.28. The lowest BCUT2D eigenvalue weighted by Crippen LogP contribution is -2.20. The molecule has 2 N–H and O–H groups in total. The van der Waals surface area contributed by atoms with Gasteiger partial charge in [-0.15, -0.1) is 0 Å². The number of esters is 1. The molecule has 0 radical (unpaired) electrons. The second-order valence-corrected chi connectivity index (χ2v) is 9.39. The van der Waals surface area contributed by atoms with Gasteiger partial charge in [-0.3, -0.25) is 4.79 Å². The van der Waals surface area contributed by atoms with Crippen LogP contribution in [0.25, 0.3) is 0 Å². The molecular formula is C22H24F3NO6S. The van der Waals surface area contributed by atoms with E-state index in [0.29, 0.717) is 24.3 Å². The number of halogens is 3. The number of hydrogen-bond donors (Lipinski definition) is 1. The molecule has 0 amide bonds. The molecule has 0 aromatic heterocycles. The fourth-order valence-corrected chi connectivity index (χ4v) is 4.52. The lowest BCUT2D eigenvalue weighted by atomic mass is 10.1. The highest BCUT2D eigenvalue weighted by Crippen LogP contribution is 2.37. The van der Waals surface area contributed by atoms with Crippen LogP contribution in [0.4, 0.5) is 13.2 Å². The normalized spacial score (nSPS) is 15.7. The molecule has 2 aromatic carbocycles. The Kier molecular flexibility index (Phi) is 7.85. The van der Waals surface area contributed by atoms with Crippen LogP contribution in [-0.4, -0.2) is 39.5 Å². The molecule has 2 aromatic rings. The van der Waals surface area contributed by atoms with Gasteiger partial charge in [-0.1, -0.05) is 18.2 Å². The second kappa shape index (κ2) is 10.4. The third kappa shape index (κ3) is 7.64. The number of ether oxygens (including phenoxy) is 2. The number of rotatable bonds is 10. The standard InChI is InChI=1S/C22H24F3NO6S/c23-22(24,25)8-3-9-33(28,29)32-18-6-2-5-17(12-18)31-20-7-1-4-16-10-15(11-19(16)20)14-30-21(27)13-26/h1-2,4-7,12,15H,3,8-11,13-14,26H2/t15-/m1/s1. The predicted molar refractivity (Wildman–Crippen MR) is 114 cm³/mol. The van der Waals surface area contributed by atoms with Crippen LogP contribution in [-0.2, 0) is 32.5 Å². The fourth-order valence-electron chi connectivity index (χ4n) is 3.54. The third-order valence-electron chi connectivity index (χ3n) is 4.99. The summed E-state index contributed by atoms with van der Waals surface area (Å²) in [5.41, 5.74) is 7.27. The molecule has 7 nitrogen and oxygen atoms in total. The van der Waals surface area contributed by atoms with Gasteiger partial charge in [0.25, 0.3) is 0 Å². The van der Waals surface area contributed by atoms with Crippen LogP contribution in [0, 0.1) is 5.92 Å². The van der Waals surface area contributed by atoms with Gasteiger partial charge in [0, 0.05) is 18.4 Å². The van der Waals surface area contributed by atoms with Gasteiger partial charge in [-0.2, -0.15) is 21.6 Å². The molecular weight excluding hydrogens is 463 g/mol. The molecule has 180 valence electrons. The van der Waals surface area contributed by atoms with Crippen LogP contribution in [0.3, 0.4) is 0 Å². The van der Waals surface area contributed by atoms with E-state index in [1.54, 1.807) is 12.1 Å². The van der Waals surface area contributed by atoms with Crippen LogP contribution < -0.4 is 14.7 Å². The molecule has 1 atom stereocenters. The number of fused-ring (bicyclic) bond motifs is 1. The van der Waals surface area contributed by atoms with Gasteiger partial charge in [-0.05, 0) is 48.6 Å². The van der Waals surface area contributed by atoms with Gasteiger partial charge < -0.3 is 19.4 Å². The Balaban J connectivity index is 1.64. The van der Waals surface area contributed by atoms with Crippen molar-refractivity contribution in [2.24, 2.45) is 11.7 Å². The van der Waals surface area contributed by atoms with E-state index in [0.717, 1.165) is 11.1 Å². The average molecular weight is 487 g/mol. The van der Waals surface area contributed by atoms with Gasteiger partial charge in [0.05, 0.1) is 18.9 Å². The molecule has 0 saturated carbocycles. The van der Waals surface area contributed by atoms with Gasteiger partial charge in [0.2, 0.25) is 0 Å². The molecule has 3 rings (SSSR count). The summed E-state index contributed by atoms with van der Waals surface area (Å²) >= 11 is 0. The number of hydrogen-bond acceptors (Lipinski definition) is 7. The van der Waals surface area contributed by atoms with E-state index in [-0.39, 0.29) is 24.8 Å². The van der Waals surface area contributed by atoms with E-state index in [4.69, 9.17) is 19.4 Å². The van der Waals surface area contributed by atoms with E-state index in [1.165, 1.54) is 18.2 Å². The SMILES string of the molecule is NCC(=O)OC[C@@H]1Cc2cccc(Oc3cccc(OS(=O)(=O)CCCC(F)(F)F)c3)c2C1. The Morgan fingerprint density at radius 2 is 1.82 bits per heavy atom. The Bertz CT molecular complexity index is 1090. The number of alkyl halides is 3. The summed E-state index contributed by atoms with van der Waals surface area (Å²) in [4.78, 5) is 11.3. The molecule has 0 saturated heterocycles. The molecule has 0 aliphatic heterocycles. The summed E-state index contributed by atoms with van der Waals surface area (Å²) in [6.45, 7) is 0.0736. The zero-order valence-electron chi connectivity index (χ0n) is 17.6. The minimum atomic E-state index is -4.43. The van der Waals surface area contributed by atoms with Crippen molar-refractivity contribution in [1.82, 2.24) is 0 Å². The lowest BCUT2D eigenvalue weighted by Gasteiger charge is -2.13. The van der Waals surface area contributed by atoms with Gasteiger partial charge in [0.1, 0.15) is 17.2 Å². The first kappa shape index (κ1) is 24.8. The summed E-state index contributed by atoms with van der Waals surface area (Å²) < 4.78 is 76.8. The molecule has 33 heavy (non-hydrogen) atoms. The average Bonchev–Trinajstić information content (AvgIpc) is 3.15. The minimum Gasteiger partial charge on any atom is -0.464 e. The number of benzene rings is 2. The van der Waals surface area contributed by atoms with Crippen molar-refractivity contribution in [3.8, 4) is 17.2 Å². The summed E-state index contributed by atoms with van der Waals surface area (Å²) in [7, 11) is -4.19. The highest BCUT2D eigenvalue weighted by atomic mass is 32.2. The Labute approximate surface area is 189 Å². The highest BCUT2D eigenvalue weighted by molar-refractivity contribution is 7.87. The predicted octanol–water partition coefficient (Wildman–Crippen LogP) is 3.75. The molecule has 0 fully saturated rings. The maximum atomic E-state index is 12.3. The molecule has 0 spiro atoms. The molecule has 11 heteroatoms. The van der Waals surface area contributed by atoms with E-state index in [2.05, 4.69) is 0 Å². The van der Waals surface area contributed by atoms with Crippen LogP contribution in [0.15, 0.2) is 42.5 Å². The zero-order valence-corrected chi connectivity index (χ0v) is 18.5. The quantitative estimate of drug-likeness (QED) is 0.402. The molecule has 0 bridgehead atoms. The van der Waals surface area contributed by atoms with Crippen molar-refractivity contribution < 1.29 is 40.0 Å². The molecule has 0 unspecified atom stereocenters. The third-order valence-corrected chi connectivity index (χ3v) is 6.22. The summed E-state index contributed by atoms with van der Waals surface area (Å²) in [5, 5.41) is 0. The van der Waals surface area contributed by atoms with E-state index >= 15 is 0 Å². The minimum absolute atomic E-state index is 0.0568. The zero-order chi connectivity index (χ0) is 24.1. The summed E-state index contributed by atoms with van der Waals surface area (Å²) in [6.07, 6.45) is -4.87. The van der Waals surface area contributed by atoms with Gasteiger partial charge in [-0.25, -0.2) is 0 Å². The lowest BCUT2D eigenvalue weighted by molar-refractivity contribution is -0.143. The first-order valence-electron chi connectivity index (χ1n) is 10.3. The molecule has 1 aliphatic carbocycles. The van der Waals surface area contributed by atoms with Crippen molar-refractivity contribution >= 4 is 16.1 Å². The number of carbonyl (C=O) groups excluding carboxylic acids is 1. The topological polar surface area (TPSA) is 105 Å². The van der Waals surface area contributed by atoms with Crippen molar-refractivity contribution in [3.63, 3.8) is 0 Å². The second-order valence-electron chi connectivity index (χ2n) is 7.70. The fraction of sp³-hybridized carbons (Fsp3) is 0.409. The number of carbonyl (C=O) groups is 1. The first-order valence-corrected chi connectivity index (χ1v) is 11.9. The molecule has 1 aliphatic rings. The largest absolute Gasteiger partial charge is 0.464 e. The van der Waals surface area contributed by atoms with Gasteiger partial charge in [0.15, 0.2) is 0 Å². The van der Waals surface area contributed by atoms with Gasteiger partial charge >= 0.3 is 22.3 Å². The monoisotopic (exact) mass is 487 g/mol. The first-order chi connectivity index (χ1) is 15.5. The summed E-state index contributed by atoms with van der Waals surface area (Å²) in [6, 6.07) is 11.4. The van der Waals surface area contributed by atoms with Crippen LogP contribution >= 0.6 is 0 Å². The van der Waals surface area contributed by atoms with Crippen molar-refractivity contribution in [1.29, 1.82) is 0 Å². The van der Waals surface area contributed by atoms with Crippen LogP contribution in [0.1, 0.15) is 24.0 Å². The number of nitrogens with two attached hydrogens (primary N) is 1. The van der Waals surface area contributed by atoms with Crippen LogP contribution in [0.5, 0.6) is 17.2 Å². The Morgan fingerprint density at radius 3 is 2.55 bits per heavy atom. The maximum Gasteiger partial charge on any atom is 0.389 e. The summed E-state index contributed by atoms with van der Waals surface area (Å²) in [5.74, 6) is -0.294.